The smallest absolute Gasteiger partial charge is 0.224 e. The number of benzene rings is 1. The molecule has 0 saturated heterocycles. The molecule has 1 aromatic heterocycles. The van der Waals surface area contributed by atoms with Gasteiger partial charge in [0.15, 0.2) is 5.78 Å². The average Bonchev–Trinajstić information content (AvgIpc) is 2.73. The van der Waals surface area contributed by atoms with E-state index in [0.29, 0.717) is 24.0 Å². The third-order valence-electron chi connectivity index (χ3n) is 6.22. The van der Waals surface area contributed by atoms with Crippen LogP contribution >= 0.6 is 15.9 Å². The Kier molecular flexibility index (Phi) is 9.87. The number of Topliss-reactive ketones (excluding diaryl/α,β-unsaturated/α-hetero) is 2. The summed E-state index contributed by atoms with van der Waals surface area (Å²) in [4.78, 5) is 40.9. The predicted molar refractivity (Wildman–Crippen MR) is 132 cm³/mol. The Labute approximate surface area is 208 Å². The third-order valence-corrected chi connectivity index (χ3v) is 6.65. The topological polar surface area (TPSA) is 182 Å². The molecule has 0 bridgehead atoms. The number of hydrogen-bond donors (Lipinski definition) is 4. The number of ketones is 2. The van der Waals surface area contributed by atoms with Gasteiger partial charge in [-0.1, -0.05) is 6.07 Å². The highest BCUT2D eigenvalue weighted by Gasteiger charge is 2.35. The van der Waals surface area contributed by atoms with Crippen molar-refractivity contribution in [2.24, 2.45) is 23.5 Å². The number of phenolic OH excluding ortho intramolecular Hbond substituents is 1. The number of aliphatic hydroxyl groups excluding tert-OH is 2. The van der Waals surface area contributed by atoms with Crippen LogP contribution in [0.3, 0.4) is 0 Å². The molecule has 1 aromatic carbocycles. The van der Waals surface area contributed by atoms with Crippen molar-refractivity contribution in [2.75, 3.05) is 13.2 Å². The maximum absolute atomic E-state index is 13.0. The average molecular weight is 541 g/mol. The Morgan fingerprint density at radius 1 is 1.24 bits per heavy atom. The van der Waals surface area contributed by atoms with Crippen molar-refractivity contribution in [3.8, 4) is 16.9 Å². The minimum atomic E-state index is -0.848. The van der Waals surface area contributed by atoms with Crippen LogP contribution in [0.25, 0.3) is 11.1 Å². The number of fused-ring (bicyclic) bond motifs is 1. The van der Waals surface area contributed by atoms with Crippen molar-refractivity contribution in [3.05, 3.63) is 46.2 Å². The molecule has 1 aliphatic carbocycles. The summed E-state index contributed by atoms with van der Waals surface area (Å²) in [5, 5.41) is 29.8. The molecule has 188 valence electrons. The van der Waals surface area contributed by atoms with Crippen molar-refractivity contribution >= 4 is 33.4 Å². The zero-order chi connectivity index (χ0) is 24.1. The summed E-state index contributed by atoms with van der Waals surface area (Å²) < 4.78 is 0.780. The molecule has 0 aliphatic heterocycles. The van der Waals surface area contributed by atoms with E-state index in [-0.39, 0.29) is 45.2 Å². The molecular weight excluding hydrogens is 508 g/mol. The van der Waals surface area contributed by atoms with Crippen LogP contribution in [-0.2, 0) is 16.0 Å². The molecular formula is C24H33BrN2O7. The Morgan fingerprint density at radius 2 is 1.97 bits per heavy atom. The predicted octanol–water partition coefficient (Wildman–Crippen LogP) is 2.07. The summed E-state index contributed by atoms with van der Waals surface area (Å²) in [5.74, 6) is -2.95. The first-order valence-electron chi connectivity index (χ1n) is 10.8. The number of primary amides is 1. The van der Waals surface area contributed by atoms with E-state index in [9.17, 15) is 29.7 Å². The van der Waals surface area contributed by atoms with Gasteiger partial charge >= 0.3 is 0 Å². The molecule has 1 amide bonds. The van der Waals surface area contributed by atoms with E-state index >= 15 is 0 Å². The molecule has 3 rings (SSSR count). The van der Waals surface area contributed by atoms with Crippen LogP contribution < -0.4 is 5.73 Å². The largest absolute Gasteiger partial charge is 0.507 e. The van der Waals surface area contributed by atoms with Crippen LogP contribution in [0.1, 0.15) is 44.5 Å². The standard InChI is InChI=1S/C24H27BrN2O6.H2O.2H2/c25-16-8-15(10-27-11-16)17-1-2-20(30)24-18(17)6-13(7-22(24)32)5-14(3-4-28)19(12-29)21(31)9-23(26)33;;;/h1-2,8,10-11,13-14,19,28-30H,3-7,9,12H2,(H2,26,33);1H2;2*1H. The Bertz CT molecular complexity index is 1070. The van der Waals surface area contributed by atoms with Gasteiger partial charge < -0.3 is 26.5 Å². The van der Waals surface area contributed by atoms with E-state index in [4.69, 9.17) is 5.73 Å². The highest BCUT2D eigenvalue weighted by Crippen LogP contribution is 2.41. The van der Waals surface area contributed by atoms with Gasteiger partial charge in [-0.2, -0.15) is 0 Å². The maximum atomic E-state index is 13.0. The van der Waals surface area contributed by atoms with Gasteiger partial charge in [0.05, 0.1) is 18.6 Å². The van der Waals surface area contributed by atoms with Crippen molar-refractivity contribution in [2.45, 2.75) is 32.1 Å². The fourth-order valence-electron chi connectivity index (χ4n) is 4.77. The van der Waals surface area contributed by atoms with Crippen LogP contribution in [-0.4, -0.2) is 56.5 Å². The number of hydrogen-bond acceptors (Lipinski definition) is 7. The highest BCUT2D eigenvalue weighted by molar-refractivity contribution is 9.10. The minimum Gasteiger partial charge on any atom is -0.507 e. The summed E-state index contributed by atoms with van der Waals surface area (Å²) in [6, 6.07) is 5.14. The van der Waals surface area contributed by atoms with Crippen LogP contribution in [0.5, 0.6) is 5.75 Å². The SMILES string of the molecule is NC(=O)CC(=O)C(CO)C(CCO)CC1CC(=O)c2c(O)ccc(-c3cncc(Br)c3)c2C1.O.[HH].[HH]. The molecule has 3 unspecified atom stereocenters. The van der Waals surface area contributed by atoms with Gasteiger partial charge in [-0.3, -0.25) is 19.4 Å². The number of carbonyl (C=O) groups is 3. The van der Waals surface area contributed by atoms with E-state index in [1.54, 1.807) is 18.5 Å². The second-order valence-electron chi connectivity index (χ2n) is 8.48. The molecule has 10 heteroatoms. The number of nitrogens with zero attached hydrogens (tertiary/aromatic N) is 1. The number of nitrogens with two attached hydrogens (primary N) is 1. The third kappa shape index (κ3) is 6.26. The minimum absolute atomic E-state index is 0. The van der Waals surface area contributed by atoms with E-state index < -0.39 is 36.6 Å². The summed E-state index contributed by atoms with van der Waals surface area (Å²) in [5.41, 5.74) is 7.74. The first-order chi connectivity index (χ1) is 15.7. The first kappa shape index (κ1) is 27.6. The molecule has 0 radical (unpaired) electrons. The van der Waals surface area contributed by atoms with Crippen LogP contribution in [0.2, 0.25) is 0 Å². The lowest BCUT2D eigenvalue weighted by molar-refractivity contribution is -0.131. The van der Waals surface area contributed by atoms with Crippen molar-refractivity contribution in [1.29, 1.82) is 0 Å². The molecule has 2 aromatic rings. The molecule has 1 aliphatic rings. The van der Waals surface area contributed by atoms with Crippen LogP contribution in [0, 0.1) is 17.8 Å². The van der Waals surface area contributed by atoms with Crippen molar-refractivity contribution in [3.63, 3.8) is 0 Å². The summed E-state index contributed by atoms with van der Waals surface area (Å²) in [6.07, 6.45) is 4.15. The number of aliphatic hydroxyl groups is 2. The summed E-state index contributed by atoms with van der Waals surface area (Å²) in [7, 11) is 0. The number of phenols is 1. The number of amides is 1. The molecule has 0 fully saturated rings. The maximum Gasteiger partial charge on any atom is 0.224 e. The molecule has 0 spiro atoms. The normalized spacial score (nSPS) is 16.8. The van der Waals surface area contributed by atoms with Crippen LogP contribution in [0.15, 0.2) is 35.1 Å². The van der Waals surface area contributed by atoms with Crippen molar-refractivity contribution < 1.29 is 38.0 Å². The number of aromatic nitrogens is 1. The summed E-state index contributed by atoms with van der Waals surface area (Å²) >= 11 is 3.41. The Morgan fingerprint density at radius 3 is 2.59 bits per heavy atom. The van der Waals surface area contributed by atoms with E-state index in [1.165, 1.54) is 6.07 Å². The monoisotopic (exact) mass is 540 g/mol. The Hall–Kier alpha value is -2.66. The van der Waals surface area contributed by atoms with Gasteiger partial charge in [0.1, 0.15) is 11.5 Å². The molecule has 9 nitrogen and oxygen atoms in total. The molecule has 0 saturated carbocycles. The van der Waals surface area contributed by atoms with Gasteiger partial charge in [0, 0.05) is 44.2 Å². The first-order valence-corrected chi connectivity index (χ1v) is 11.6. The van der Waals surface area contributed by atoms with E-state index in [1.807, 2.05) is 6.07 Å². The number of aromatic hydroxyl groups is 1. The molecule has 3 atom stereocenters. The van der Waals surface area contributed by atoms with Gasteiger partial charge in [-0.25, -0.2) is 0 Å². The zero-order valence-electron chi connectivity index (χ0n) is 18.5. The molecule has 1 heterocycles. The molecule has 34 heavy (non-hydrogen) atoms. The van der Waals surface area contributed by atoms with Gasteiger partial charge in [-0.15, -0.1) is 0 Å². The number of carbonyl (C=O) groups excluding carboxylic acids is 3. The lowest BCUT2D eigenvalue weighted by Gasteiger charge is -2.31. The fourth-order valence-corrected chi connectivity index (χ4v) is 5.14. The van der Waals surface area contributed by atoms with Crippen molar-refractivity contribution in [1.82, 2.24) is 4.98 Å². The lowest BCUT2D eigenvalue weighted by atomic mass is 9.72. The van der Waals surface area contributed by atoms with E-state index in [0.717, 1.165) is 15.6 Å². The number of rotatable bonds is 10. The van der Waals surface area contributed by atoms with Gasteiger partial charge in [0.2, 0.25) is 5.91 Å². The van der Waals surface area contributed by atoms with Gasteiger partial charge in [-0.05, 0) is 70.3 Å². The second-order valence-corrected chi connectivity index (χ2v) is 9.40. The number of halogens is 1. The number of pyridine rings is 1. The summed E-state index contributed by atoms with van der Waals surface area (Å²) in [6.45, 7) is -0.665. The fraction of sp³-hybridized carbons (Fsp3) is 0.417. The zero-order valence-corrected chi connectivity index (χ0v) is 20.1. The quantitative estimate of drug-likeness (QED) is 0.332. The van der Waals surface area contributed by atoms with E-state index in [2.05, 4.69) is 20.9 Å². The van der Waals surface area contributed by atoms with Gasteiger partial charge in [0.25, 0.3) is 0 Å². The second kappa shape index (κ2) is 12.2. The lowest BCUT2D eigenvalue weighted by Crippen LogP contribution is -2.33. The molecule has 7 N–H and O–H groups in total. The Balaban J connectivity index is 0.00000408. The van der Waals surface area contributed by atoms with Crippen LogP contribution in [0.4, 0.5) is 0 Å². The highest BCUT2D eigenvalue weighted by atomic mass is 79.9.